The van der Waals surface area contributed by atoms with Crippen molar-refractivity contribution in [3.63, 3.8) is 0 Å². The summed E-state index contributed by atoms with van der Waals surface area (Å²) < 4.78 is 10.1. The van der Waals surface area contributed by atoms with Crippen molar-refractivity contribution < 1.29 is 28.7 Å². The van der Waals surface area contributed by atoms with E-state index < -0.39 is 41.6 Å². The Bertz CT molecular complexity index is 922. The molecule has 0 saturated heterocycles. The molecule has 9 nitrogen and oxygen atoms in total. The second-order valence-electron chi connectivity index (χ2n) is 8.32. The molecule has 0 aromatic heterocycles. The highest BCUT2D eigenvalue weighted by Gasteiger charge is 2.36. The number of terminal acetylenes is 1. The highest BCUT2D eigenvalue weighted by molar-refractivity contribution is 7.80. The molecule has 0 aliphatic rings. The SMILES string of the molecule is C#CN(C(=O)C(CS)NC(=O)OC(C)(C)C)C(C(=O)NCCC(=O)OCC)c1ccccc1C. The molecule has 1 aromatic carbocycles. The van der Waals surface area contributed by atoms with Gasteiger partial charge in [-0.05, 0) is 45.7 Å². The molecule has 0 aliphatic heterocycles. The van der Waals surface area contributed by atoms with E-state index in [9.17, 15) is 19.2 Å². The van der Waals surface area contributed by atoms with Gasteiger partial charge in [-0.3, -0.25) is 19.3 Å². The molecule has 0 saturated carbocycles. The largest absolute Gasteiger partial charge is 0.466 e. The first kappa shape index (κ1) is 28.8. The first-order valence-corrected chi connectivity index (χ1v) is 11.5. The van der Waals surface area contributed by atoms with Crippen molar-refractivity contribution in [2.45, 2.75) is 58.7 Å². The summed E-state index contributed by atoms with van der Waals surface area (Å²) in [6.07, 6.45) is 4.82. The summed E-state index contributed by atoms with van der Waals surface area (Å²) in [6.45, 7) is 8.76. The number of hydrogen-bond acceptors (Lipinski definition) is 7. The third-order valence-electron chi connectivity index (χ3n) is 4.47. The monoisotopic (exact) mass is 491 g/mol. The van der Waals surface area contributed by atoms with E-state index in [-0.39, 0.29) is 25.3 Å². The van der Waals surface area contributed by atoms with Crippen molar-refractivity contribution >= 4 is 36.5 Å². The summed E-state index contributed by atoms with van der Waals surface area (Å²) in [4.78, 5) is 51.2. The minimum atomic E-state index is -1.20. The normalized spacial score (nSPS) is 12.5. The zero-order valence-corrected chi connectivity index (χ0v) is 21.1. The van der Waals surface area contributed by atoms with Crippen LogP contribution in [0.1, 0.15) is 51.3 Å². The lowest BCUT2D eigenvalue weighted by atomic mass is 9.98. The maximum Gasteiger partial charge on any atom is 0.408 e. The minimum absolute atomic E-state index is 0.00119. The van der Waals surface area contributed by atoms with Gasteiger partial charge >= 0.3 is 12.1 Å². The van der Waals surface area contributed by atoms with Gasteiger partial charge in [0.25, 0.3) is 5.91 Å². The number of nitrogens with zero attached hydrogens (tertiary/aromatic N) is 1. The van der Waals surface area contributed by atoms with Crippen LogP contribution in [0.4, 0.5) is 4.79 Å². The van der Waals surface area contributed by atoms with Gasteiger partial charge in [0.15, 0.2) is 0 Å². The summed E-state index contributed by atoms with van der Waals surface area (Å²) in [6, 6.07) is 6.89. The van der Waals surface area contributed by atoms with Crippen molar-refractivity contribution in [2.24, 2.45) is 0 Å². The van der Waals surface area contributed by atoms with Gasteiger partial charge in [-0.25, -0.2) is 4.79 Å². The lowest BCUT2D eigenvalue weighted by Crippen LogP contribution is -2.52. The number of benzene rings is 1. The van der Waals surface area contributed by atoms with E-state index in [1.807, 2.05) is 0 Å². The number of ether oxygens (including phenoxy) is 2. The van der Waals surface area contributed by atoms with Crippen LogP contribution in [0.3, 0.4) is 0 Å². The summed E-state index contributed by atoms with van der Waals surface area (Å²) >= 11 is 4.16. The fourth-order valence-electron chi connectivity index (χ4n) is 2.98. The van der Waals surface area contributed by atoms with Crippen LogP contribution < -0.4 is 10.6 Å². The van der Waals surface area contributed by atoms with Crippen LogP contribution in [-0.2, 0) is 23.9 Å². The van der Waals surface area contributed by atoms with Crippen LogP contribution in [0.25, 0.3) is 0 Å². The van der Waals surface area contributed by atoms with Crippen LogP contribution in [0, 0.1) is 19.4 Å². The molecule has 3 amide bonds. The van der Waals surface area contributed by atoms with Crippen molar-refractivity contribution in [1.29, 1.82) is 0 Å². The molecular weight excluding hydrogens is 458 g/mol. The summed E-state index contributed by atoms with van der Waals surface area (Å²) in [7, 11) is 0. The zero-order valence-electron chi connectivity index (χ0n) is 20.2. The van der Waals surface area contributed by atoms with Crippen molar-refractivity contribution in [2.75, 3.05) is 18.9 Å². The highest BCUT2D eigenvalue weighted by atomic mass is 32.1. The van der Waals surface area contributed by atoms with Crippen LogP contribution in [0.5, 0.6) is 0 Å². The lowest BCUT2D eigenvalue weighted by molar-refractivity contribution is -0.143. The minimum Gasteiger partial charge on any atom is -0.466 e. The Hall–Kier alpha value is -3.19. The van der Waals surface area contributed by atoms with Gasteiger partial charge in [-0.15, -0.1) is 0 Å². The Kier molecular flexibility index (Phi) is 11.5. The number of amides is 3. The molecule has 2 N–H and O–H groups in total. The highest BCUT2D eigenvalue weighted by Crippen LogP contribution is 2.25. The molecule has 1 aromatic rings. The van der Waals surface area contributed by atoms with Crippen molar-refractivity contribution in [3.05, 3.63) is 35.4 Å². The second-order valence-corrected chi connectivity index (χ2v) is 8.69. The van der Waals surface area contributed by atoms with Crippen LogP contribution in [0.2, 0.25) is 0 Å². The Labute approximate surface area is 206 Å². The Balaban J connectivity index is 3.19. The van der Waals surface area contributed by atoms with Gasteiger partial charge in [-0.2, -0.15) is 12.6 Å². The maximum absolute atomic E-state index is 13.3. The molecule has 0 heterocycles. The predicted molar refractivity (Wildman–Crippen MR) is 131 cm³/mol. The number of alkyl carbamates (subject to hydrolysis) is 1. The molecule has 2 atom stereocenters. The maximum atomic E-state index is 13.3. The number of carbonyl (C=O) groups is 4. The Morgan fingerprint density at radius 2 is 1.85 bits per heavy atom. The van der Waals surface area contributed by atoms with E-state index in [0.29, 0.717) is 5.56 Å². The van der Waals surface area contributed by atoms with E-state index in [4.69, 9.17) is 15.9 Å². The molecule has 0 aliphatic carbocycles. The molecule has 10 heteroatoms. The van der Waals surface area contributed by atoms with Gasteiger partial charge in [0, 0.05) is 18.3 Å². The molecule has 0 bridgehead atoms. The Morgan fingerprint density at radius 3 is 2.38 bits per heavy atom. The first-order chi connectivity index (χ1) is 15.9. The molecule has 0 spiro atoms. The second kappa shape index (κ2) is 13.5. The molecule has 1 rings (SSSR count). The quantitative estimate of drug-likeness (QED) is 0.200. The van der Waals surface area contributed by atoms with E-state index in [1.165, 1.54) is 0 Å². The zero-order chi connectivity index (χ0) is 25.9. The average molecular weight is 492 g/mol. The van der Waals surface area contributed by atoms with Crippen molar-refractivity contribution in [3.8, 4) is 12.5 Å². The van der Waals surface area contributed by atoms with Gasteiger partial charge in [-0.1, -0.05) is 30.7 Å². The number of esters is 1. The lowest BCUT2D eigenvalue weighted by Gasteiger charge is -2.30. The van der Waals surface area contributed by atoms with Gasteiger partial charge < -0.3 is 20.1 Å². The number of hydrogen-bond donors (Lipinski definition) is 3. The van der Waals surface area contributed by atoms with E-state index in [2.05, 4.69) is 29.3 Å². The third kappa shape index (κ3) is 8.98. The van der Waals surface area contributed by atoms with Gasteiger partial charge in [0.1, 0.15) is 17.7 Å². The molecular formula is C24H33N3O6S. The van der Waals surface area contributed by atoms with E-state index in [1.54, 1.807) is 58.9 Å². The number of thiol groups is 1. The van der Waals surface area contributed by atoms with Crippen LogP contribution in [-0.4, -0.2) is 59.3 Å². The third-order valence-corrected chi connectivity index (χ3v) is 4.84. The summed E-state index contributed by atoms with van der Waals surface area (Å²) in [5, 5.41) is 5.09. The van der Waals surface area contributed by atoms with Gasteiger partial charge in [0.05, 0.1) is 13.0 Å². The van der Waals surface area contributed by atoms with Gasteiger partial charge in [0.2, 0.25) is 5.91 Å². The standard InChI is InChI=1S/C24H33N3O6S/c1-7-27(22(30)18(15-34)26-23(31)33-24(4,5)6)20(17-12-10-9-11-16(17)3)21(29)25-14-13-19(28)32-8-2/h1,9-12,18,20,34H,8,13-15H2,2-6H3,(H,25,29)(H,26,31). The molecule has 0 fully saturated rings. The van der Waals surface area contributed by atoms with E-state index in [0.717, 1.165) is 10.5 Å². The average Bonchev–Trinajstić information content (AvgIpc) is 2.75. The fourth-order valence-corrected chi connectivity index (χ4v) is 3.22. The molecule has 2 unspecified atom stereocenters. The Morgan fingerprint density at radius 1 is 1.21 bits per heavy atom. The number of carbonyl (C=O) groups excluding carboxylic acids is 4. The molecule has 34 heavy (non-hydrogen) atoms. The number of aryl methyl sites for hydroxylation is 1. The number of rotatable bonds is 10. The van der Waals surface area contributed by atoms with Crippen LogP contribution >= 0.6 is 12.6 Å². The smallest absolute Gasteiger partial charge is 0.408 e. The summed E-state index contributed by atoms with van der Waals surface area (Å²) in [5.74, 6) is -1.84. The predicted octanol–water partition coefficient (Wildman–Crippen LogP) is 2.35. The summed E-state index contributed by atoms with van der Waals surface area (Å²) in [5.41, 5.74) is 0.448. The van der Waals surface area contributed by atoms with E-state index >= 15 is 0 Å². The first-order valence-electron chi connectivity index (χ1n) is 10.8. The van der Waals surface area contributed by atoms with Crippen molar-refractivity contribution in [1.82, 2.24) is 15.5 Å². The number of nitrogens with one attached hydrogen (secondary N) is 2. The molecule has 186 valence electrons. The molecule has 0 radical (unpaired) electrons. The van der Waals surface area contributed by atoms with Crippen LogP contribution in [0.15, 0.2) is 24.3 Å². The fraction of sp³-hybridized carbons (Fsp3) is 0.500. The topological polar surface area (TPSA) is 114 Å².